The molecule has 0 radical (unpaired) electrons. The van der Waals surface area contributed by atoms with Crippen molar-refractivity contribution in [3.63, 3.8) is 0 Å². The minimum Gasteiger partial charge on any atom is -0.463 e. The zero-order chi connectivity index (χ0) is 20.3. The van der Waals surface area contributed by atoms with E-state index in [0.29, 0.717) is 5.56 Å². The van der Waals surface area contributed by atoms with Gasteiger partial charge in [-0.3, -0.25) is 14.7 Å². The summed E-state index contributed by atoms with van der Waals surface area (Å²) in [6.45, 7) is 3.42. The van der Waals surface area contributed by atoms with Crippen molar-refractivity contribution in [1.29, 1.82) is 5.26 Å². The third-order valence-electron chi connectivity index (χ3n) is 4.31. The molecule has 0 spiro atoms. The Morgan fingerprint density at radius 2 is 2.07 bits per heavy atom. The average Bonchev–Trinajstić information content (AvgIpc) is 3.21. The number of nitro groups is 1. The lowest BCUT2D eigenvalue weighted by atomic mass is 9.83. The third-order valence-corrected chi connectivity index (χ3v) is 4.31. The quantitative estimate of drug-likeness (QED) is 0.445. The summed E-state index contributed by atoms with van der Waals surface area (Å²) in [6, 6.07) is 11.5. The first-order valence-electron chi connectivity index (χ1n) is 8.55. The number of benzene rings is 1. The highest BCUT2D eigenvalue weighted by molar-refractivity contribution is 5.93. The summed E-state index contributed by atoms with van der Waals surface area (Å²) in [5.74, 6) is -0.960. The first kappa shape index (κ1) is 18.9. The highest BCUT2D eigenvalue weighted by atomic mass is 16.6. The van der Waals surface area contributed by atoms with Gasteiger partial charge in [-0.2, -0.15) is 5.26 Å². The molecule has 0 amide bonds. The van der Waals surface area contributed by atoms with Gasteiger partial charge in [-0.25, -0.2) is 4.79 Å². The first-order valence-corrected chi connectivity index (χ1v) is 8.55. The molecule has 0 unspecified atom stereocenters. The van der Waals surface area contributed by atoms with Crippen molar-refractivity contribution in [2.24, 2.45) is 0 Å². The van der Waals surface area contributed by atoms with Crippen LogP contribution in [-0.2, 0) is 14.3 Å². The Balaban J connectivity index is 2.24. The Labute approximate surface area is 161 Å². The highest BCUT2D eigenvalue weighted by Gasteiger charge is 2.38. The maximum atomic E-state index is 12.6. The van der Waals surface area contributed by atoms with Crippen LogP contribution in [0.25, 0.3) is 5.88 Å². The van der Waals surface area contributed by atoms with E-state index in [0.717, 1.165) is 0 Å². The molecule has 0 N–H and O–H groups in total. The van der Waals surface area contributed by atoms with Crippen molar-refractivity contribution < 1.29 is 19.2 Å². The number of allylic oxidation sites excluding steroid dienone is 2. The fourth-order valence-corrected chi connectivity index (χ4v) is 3.12. The summed E-state index contributed by atoms with van der Waals surface area (Å²) in [6.07, 6.45) is 3.42. The summed E-state index contributed by atoms with van der Waals surface area (Å²) in [5.41, 5.74) is 0.603. The van der Waals surface area contributed by atoms with Gasteiger partial charge in [-0.15, -0.1) is 0 Å². The summed E-state index contributed by atoms with van der Waals surface area (Å²) in [7, 11) is 0. The van der Waals surface area contributed by atoms with Crippen LogP contribution in [0.1, 0.15) is 25.3 Å². The van der Waals surface area contributed by atoms with Crippen molar-refractivity contribution >= 4 is 17.5 Å². The number of nitro benzene ring substituents is 1. The number of esters is 1. The zero-order valence-corrected chi connectivity index (χ0v) is 15.3. The molecule has 0 saturated heterocycles. The summed E-state index contributed by atoms with van der Waals surface area (Å²) >= 11 is 0. The van der Waals surface area contributed by atoms with Crippen LogP contribution < -0.4 is 0 Å². The Morgan fingerprint density at radius 1 is 1.36 bits per heavy atom. The molecule has 8 heteroatoms. The topological polar surface area (TPSA) is 107 Å². The predicted octanol–water partition coefficient (Wildman–Crippen LogP) is 3.74. The maximum absolute atomic E-state index is 12.6. The minimum absolute atomic E-state index is 0.135. The van der Waals surface area contributed by atoms with Crippen LogP contribution in [0.2, 0.25) is 0 Å². The highest BCUT2D eigenvalue weighted by Crippen LogP contribution is 2.42. The van der Waals surface area contributed by atoms with E-state index in [4.69, 9.17) is 9.47 Å². The predicted molar refractivity (Wildman–Crippen MR) is 99.5 cm³/mol. The normalized spacial score (nSPS) is 16.4. The lowest BCUT2D eigenvalue weighted by Crippen LogP contribution is -2.24. The fraction of sp³-hybridized carbons (Fsp3) is 0.200. The van der Waals surface area contributed by atoms with Gasteiger partial charge in [0.25, 0.3) is 5.69 Å². The Bertz CT molecular complexity index is 1030. The number of nitrogens with zero attached hydrogens (tertiary/aromatic N) is 3. The number of carbonyl (C=O) groups is 1. The molecule has 1 aromatic heterocycles. The van der Waals surface area contributed by atoms with E-state index < -0.39 is 16.8 Å². The molecule has 142 valence electrons. The molecule has 1 atom stereocenters. The minimum atomic E-state index is -0.852. The number of non-ortho nitro benzene ring substituents is 1. The number of hydrogen-bond acceptors (Lipinski definition) is 6. The van der Waals surface area contributed by atoms with Gasteiger partial charge in [0, 0.05) is 24.5 Å². The van der Waals surface area contributed by atoms with E-state index >= 15 is 0 Å². The van der Waals surface area contributed by atoms with Crippen LogP contribution in [0, 0.1) is 21.4 Å². The van der Waals surface area contributed by atoms with Gasteiger partial charge in [0.05, 0.1) is 23.0 Å². The van der Waals surface area contributed by atoms with E-state index in [2.05, 4.69) is 6.07 Å². The monoisotopic (exact) mass is 379 g/mol. The van der Waals surface area contributed by atoms with Crippen molar-refractivity contribution in [1.82, 2.24) is 4.57 Å². The second-order valence-corrected chi connectivity index (χ2v) is 6.00. The average molecular weight is 379 g/mol. The molecule has 8 nitrogen and oxygen atoms in total. The Hall–Kier alpha value is -3.86. The maximum Gasteiger partial charge on any atom is 0.338 e. The van der Waals surface area contributed by atoms with Gasteiger partial charge in [-0.1, -0.05) is 12.1 Å². The second-order valence-electron chi connectivity index (χ2n) is 6.00. The standard InChI is InChI=1S/C20H17N3O5/c1-3-27-20(24)17-13(2)28-19(22-9-4-5-10-22)16(12-21)18(17)14-7-6-8-15(11-14)23(25)26/h4-11,18H,3H2,1-2H3/t18-/m0/s1. The van der Waals surface area contributed by atoms with Crippen LogP contribution in [-0.4, -0.2) is 22.1 Å². The number of carbonyl (C=O) groups excluding carboxylic acids is 1. The molecule has 1 aromatic carbocycles. The number of rotatable bonds is 5. The van der Waals surface area contributed by atoms with Gasteiger partial charge >= 0.3 is 5.97 Å². The number of hydrogen-bond donors (Lipinski definition) is 0. The van der Waals surface area contributed by atoms with Crippen LogP contribution in [0.3, 0.4) is 0 Å². The number of aromatic nitrogens is 1. The van der Waals surface area contributed by atoms with Gasteiger partial charge in [0.15, 0.2) is 0 Å². The Kier molecular flexibility index (Phi) is 5.27. The summed E-state index contributed by atoms with van der Waals surface area (Å²) in [4.78, 5) is 23.3. The van der Waals surface area contributed by atoms with Crippen LogP contribution >= 0.6 is 0 Å². The molecule has 0 fully saturated rings. The van der Waals surface area contributed by atoms with Gasteiger partial charge < -0.3 is 9.47 Å². The van der Waals surface area contributed by atoms with Crippen molar-refractivity contribution in [2.45, 2.75) is 19.8 Å². The molecule has 1 aliphatic heterocycles. The Morgan fingerprint density at radius 3 is 2.68 bits per heavy atom. The largest absolute Gasteiger partial charge is 0.463 e. The lowest BCUT2D eigenvalue weighted by Gasteiger charge is -2.28. The molecular weight excluding hydrogens is 362 g/mol. The second kappa shape index (κ2) is 7.80. The first-order chi connectivity index (χ1) is 13.5. The van der Waals surface area contributed by atoms with Gasteiger partial charge in [0.2, 0.25) is 5.88 Å². The molecule has 3 rings (SSSR count). The van der Waals surface area contributed by atoms with Crippen molar-refractivity contribution in [3.8, 4) is 6.07 Å². The van der Waals surface area contributed by atoms with Crippen molar-refractivity contribution in [3.05, 3.63) is 81.4 Å². The van der Waals surface area contributed by atoms with Crippen molar-refractivity contribution in [2.75, 3.05) is 6.61 Å². The van der Waals surface area contributed by atoms with E-state index in [1.807, 2.05) is 0 Å². The zero-order valence-electron chi connectivity index (χ0n) is 15.3. The van der Waals surface area contributed by atoms with E-state index in [9.17, 15) is 20.2 Å². The SMILES string of the molecule is CCOC(=O)C1=C(C)OC(n2cccc2)=C(C#N)[C@@H]1c1cccc([N+](=O)[O-])c1. The van der Waals surface area contributed by atoms with Gasteiger partial charge in [0.1, 0.15) is 17.4 Å². The summed E-state index contributed by atoms with van der Waals surface area (Å²) in [5, 5.41) is 21.1. The van der Waals surface area contributed by atoms with Crippen LogP contribution in [0.15, 0.2) is 65.7 Å². The molecule has 0 bridgehead atoms. The van der Waals surface area contributed by atoms with E-state index in [-0.39, 0.29) is 35.1 Å². The van der Waals surface area contributed by atoms with Gasteiger partial charge in [-0.05, 0) is 31.5 Å². The fourth-order valence-electron chi connectivity index (χ4n) is 3.12. The van der Waals surface area contributed by atoms with Crippen LogP contribution in [0.5, 0.6) is 0 Å². The lowest BCUT2D eigenvalue weighted by molar-refractivity contribution is -0.384. The smallest absolute Gasteiger partial charge is 0.338 e. The van der Waals surface area contributed by atoms with E-state index in [1.165, 1.54) is 18.2 Å². The third kappa shape index (κ3) is 3.38. The van der Waals surface area contributed by atoms with E-state index in [1.54, 1.807) is 49.0 Å². The number of ether oxygens (including phenoxy) is 2. The molecule has 2 heterocycles. The number of nitriles is 1. The molecule has 0 aliphatic carbocycles. The molecular formula is C20H17N3O5. The molecule has 28 heavy (non-hydrogen) atoms. The molecule has 0 saturated carbocycles. The van der Waals surface area contributed by atoms with Crippen LogP contribution in [0.4, 0.5) is 5.69 Å². The molecule has 1 aliphatic rings. The molecule has 2 aromatic rings. The summed E-state index contributed by atoms with van der Waals surface area (Å²) < 4.78 is 12.6.